The predicted molar refractivity (Wildman–Crippen MR) is 166 cm³/mol. The minimum absolute atomic E-state index is 0.00312. The van der Waals surface area contributed by atoms with Crippen molar-refractivity contribution in [1.82, 2.24) is 5.32 Å². The van der Waals surface area contributed by atoms with Crippen molar-refractivity contribution in [2.75, 3.05) is 6.61 Å². The number of unbranched alkanes of at least 4 members (excludes halogenated alkanes) is 22. The van der Waals surface area contributed by atoms with Crippen molar-refractivity contribution in [3.8, 4) is 0 Å². The fraction of sp³-hybridized carbons (Fsp3) is 0.912. The molecule has 3 N–H and O–H groups in total. The molecule has 226 valence electrons. The zero-order chi connectivity index (χ0) is 27.9. The third kappa shape index (κ3) is 28.1. The Bertz CT molecular complexity index is 508. The SMILES string of the molecule is CCCCCCCCCCCCCCCC(=O)N[C@H](/C=C/[C@H](O)CCCCCCCCCCCCC)CO. The molecule has 0 aliphatic heterocycles. The van der Waals surface area contributed by atoms with E-state index in [-0.39, 0.29) is 12.5 Å². The van der Waals surface area contributed by atoms with Crippen molar-refractivity contribution in [3.63, 3.8) is 0 Å². The average Bonchev–Trinajstić information content (AvgIpc) is 2.92. The minimum Gasteiger partial charge on any atom is -0.394 e. The molecule has 0 aliphatic carbocycles. The van der Waals surface area contributed by atoms with Gasteiger partial charge in [-0.15, -0.1) is 0 Å². The van der Waals surface area contributed by atoms with Crippen LogP contribution in [0.2, 0.25) is 0 Å². The number of hydrogen-bond donors (Lipinski definition) is 3. The maximum absolute atomic E-state index is 12.2. The van der Waals surface area contributed by atoms with Gasteiger partial charge in [0.05, 0.1) is 18.8 Å². The van der Waals surface area contributed by atoms with Gasteiger partial charge in [0, 0.05) is 6.42 Å². The molecule has 0 spiro atoms. The maximum atomic E-state index is 12.2. The summed E-state index contributed by atoms with van der Waals surface area (Å²) in [7, 11) is 0. The molecule has 0 aromatic rings. The van der Waals surface area contributed by atoms with E-state index in [0.717, 1.165) is 25.7 Å². The molecule has 0 aliphatic rings. The molecule has 38 heavy (non-hydrogen) atoms. The second-order valence-corrected chi connectivity index (χ2v) is 11.6. The van der Waals surface area contributed by atoms with Crippen LogP contribution in [-0.2, 0) is 4.79 Å². The highest BCUT2D eigenvalue weighted by atomic mass is 16.3. The number of aliphatic hydroxyl groups excluding tert-OH is 2. The van der Waals surface area contributed by atoms with E-state index in [0.29, 0.717) is 6.42 Å². The number of amides is 1. The lowest BCUT2D eigenvalue weighted by molar-refractivity contribution is -0.121. The number of aliphatic hydroxyl groups is 2. The summed E-state index contributed by atoms with van der Waals surface area (Å²) in [6, 6.07) is -0.406. The summed E-state index contributed by atoms with van der Waals surface area (Å²) in [5.41, 5.74) is 0. The Morgan fingerprint density at radius 3 is 1.34 bits per heavy atom. The first-order chi connectivity index (χ1) is 18.6. The Labute approximate surface area is 237 Å². The van der Waals surface area contributed by atoms with Crippen LogP contribution in [0.15, 0.2) is 12.2 Å². The van der Waals surface area contributed by atoms with Crippen molar-refractivity contribution in [3.05, 3.63) is 12.2 Å². The van der Waals surface area contributed by atoms with Gasteiger partial charge in [0.2, 0.25) is 5.91 Å². The van der Waals surface area contributed by atoms with Crippen molar-refractivity contribution in [2.24, 2.45) is 0 Å². The summed E-state index contributed by atoms with van der Waals surface area (Å²) < 4.78 is 0. The van der Waals surface area contributed by atoms with Gasteiger partial charge in [-0.2, -0.15) is 0 Å². The van der Waals surface area contributed by atoms with Crippen LogP contribution in [0.25, 0.3) is 0 Å². The van der Waals surface area contributed by atoms with Gasteiger partial charge in [-0.25, -0.2) is 0 Å². The van der Waals surface area contributed by atoms with Gasteiger partial charge in [0.25, 0.3) is 0 Å². The quantitative estimate of drug-likeness (QED) is 0.0631. The van der Waals surface area contributed by atoms with E-state index in [4.69, 9.17) is 0 Å². The van der Waals surface area contributed by atoms with Crippen LogP contribution in [0.4, 0.5) is 0 Å². The van der Waals surface area contributed by atoms with Crippen molar-refractivity contribution < 1.29 is 15.0 Å². The van der Waals surface area contributed by atoms with Crippen LogP contribution in [0.3, 0.4) is 0 Å². The Balaban J connectivity index is 3.63. The van der Waals surface area contributed by atoms with E-state index in [1.807, 2.05) is 0 Å². The molecule has 0 bridgehead atoms. The van der Waals surface area contributed by atoms with E-state index in [1.165, 1.54) is 135 Å². The highest BCUT2D eigenvalue weighted by Gasteiger charge is 2.09. The fourth-order valence-corrected chi connectivity index (χ4v) is 5.11. The minimum atomic E-state index is -0.499. The fourth-order valence-electron chi connectivity index (χ4n) is 5.11. The van der Waals surface area contributed by atoms with Gasteiger partial charge in [0.15, 0.2) is 0 Å². The first-order valence-corrected chi connectivity index (χ1v) is 16.9. The van der Waals surface area contributed by atoms with Crippen LogP contribution < -0.4 is 5.32 Å². The lowest BCUT2D eigenvalue weighted by Gasteiger charge is -2.13. The van der Waals surface area contributed by atoms with E-state index in [2.05, 4.69) is 19.2 Å². The van der Waals surface area contributed by atoms with Gasteiger partial charge in [0.1, 0.15) is 0 Å². The Hall–Kier alpha value is -0.870. The largest absolute Gasteiger partial charge is 0.394 e. The summed E-state index contributed by atoms with van der Waals surface area (Å²) in [6.07, 6.45) is 35.4. The van der Waals surface area contributed by atoms with Crippen molar-refractivity contribution in [2.45, 2.75) is 193 Å². The third-order valence-corrected chi connectivity index (χ3v) is 7.72. The number of hydrogen-bond acceptors (Lipinski definition) is 3. The van der Waals surface area contributed by atoms with Crippen molar-refractivity contribution >= 4 is 5.91 Å². The summed E-state index contributed by atoms with van der Waals surface area (Å²) in [5, 5.41) is 22.7. The molecule has 4 heteroatoms. The lowest BCUT2D eigenvalue weighted by atomic mass is 10.0. The molecular formula is C34H67NO3. The van der Waals surface area contributed by atoms with E-state index in [9.17, 15) is 15.0 Å². The predicted octanol–water partition coefficient (Wildman–Crippen LogP) is 9.56. The van der Waals surface area contributed by atoms with Gasteiger partial charge in [-0.1, -0.05) is 174 Å². The molecule has 0 unspecified atom stereocenters. The van der Waals surface area contributed by atoms with E-state index >= 15 is 0 Å². The van der Waals surface area contributed by atoms with Crippen molar-refractivity contribution in [1.29, 1.82) is 0 Å². The van der Waals surface area contributed by atoms with Crippen LogP contribution in [-0.4, -0.2) is 34.9 Å². The summed E-state index contributed by atoms with van der Waals surface area (Å²) in [4.78, 5) is 12.2. The Kier molecular flexibility index (Phi) is 30.0. The highest BCUT2D eigenvalue weighted by Crippen LogP contribution is 2.14. The highest BCUT2D eigenvalue weighted by molar-refractivity contribution is 5.76. The van der Waals surface area contributed by atoms with Gasteiger partial charge < -0.3 is 15.5 Å². The molecule has 4 nitrogen and oxygen atoms in total. The molecule has 0 saturated heterocycles. The third-order valence-electron chi connectivity index (χ3n) is 7.72. The standard InChI is InChI=1S/C34H67NO3/c1-3-5-7-9-11-13-15-16-18-20-22-24-26-28-34(38)35-32(31-36)29-30-33(37)27-25-23-21-19-17-14-12-10-8-6-4-2/h29-30,32-33,36-37H,3-28,31H2,1-2H3,(H,35,38)/b30-29+/t32-,33-/m1/s1. The zero-order valence-electron chi connectivity index (χ0n) is 25.7. The van der Waals surface area contributed by atoms with Gasteiger partial charge >= 0.3 is 0 Å². The number of carbonyl (C=O) groups is 1. The Morgan fingerprint density at radius 1 is 0.579 bits per heavy atom. The van der Waals surface area contributed by atoms with Crippen LogP contribution in [0, 0.1) is 0 Å². The van der Waals surface area contributed by atoms with Gasteiger partial charge in [-0.3, -0.25) is 4.79 Å². The Morgan fingerprint density at radius 2 is 0.947 bits per heavy atom. The van der Waals surface area contributed by atoms with Crippen LogP contribution in [0.1, 0.15) is 181 Å². The first-order valence-electron chi connectivity index (χ1n) is 16.9. The van der Waals surface area contributed by atoms with Crippen LogP contribution >= 0.6 is 0 Å². The van der Waals surface area contributed by atoms with E-state index < -0.39 is 12.1 Å². The normalized spacial score (nSPS) is 13.3. The molecule has 1 amide bonds. The monoisotopic (exact) mass is 538 g/mol. The molecule has 0 heterocycles. The molecule has 0 saturated carbocycles. The zero-order valence-corrected chi connectivity index (χ0v) is 25.7. The molecule has 0 rings (SSSR count). The number of carbonyl (C=O) groups excluding carboxylic acids is 1. The maximum Gasteiger partial charge on any atom is 0.220 e. The number of nitrogens with one attached hydrogen (secondary N) is 1. The molecule has 0 aromatic heterocycles. The molecule has 2 atom stereocenters. The lowest BCUT2D eigenvalue weighted by Crippen LogP contribution is -2.36. The molecule has 0 fully saturated rings. The second kappa shape index (κ2) is 30.7. The van der Waals surface area contributed by atoms with Crippen LogP contribution in [0.5, 0.6) is 0 Å². The smallest absolute Gasteiger partial charge is 0.220 e. The summed E-state index contributed by atoms with van der Waals surface area (Å²) in [6.45, 7) is 4.40. The first kappa shape index (κ1) is 37.1. The molecular weight excluding hydrogens is 470 g/mol. The topological polar surface area (TPSA) is 69.6 Å². The molecule has 0 radical (unpaired) electrons. The second-order valence-electron chi connectivity index (χ2n) is 11.6. The van der Waals surface area contributed by atoms with Gasteiger partial charge in [-0.05, 0) is 12.8 Å². The summed E-state index contributed by atoms with van der Waals surface area (Å²) >= 11 is 0. The average molecular weight is 538 g/mol. The molecule has 0 aromatic carbocycles. The van der Waals surface area contributed by atoms with E-state index in [1.54, 1.807) is 12.2 Å². The summed E-state index contributed by atoms with van der Waals surface area (Å²) in [5.74, 6) is -0.00312. The number of rotatable bonds is 30.